The quantitative estimate of drug-likeness (QED) is 0.691. The lowest BCUT2D eigenvalue weighted by Crippen LogP contribution is -2.32. The molecule has 5 nitrogen and oxygen atoms in total. The molecule has 1 aromatic heterocycles. The Kier molecular flexibility index (Phi) is 5.24. The van der Waals surface area contributed by atoms with Crippen molar-refractivity contribution in [1.82, 2.24) is 5.32 Å². The van der Waals surface area contributed by atoms with Gasteiger partial charge in [0.25, 0.3) is 0 Å². The second-order valence-corrected chi connectivity index (χ2v) is 3.84. The van der Waals surface area contributed by atoms with Gasteiger partial charge in [-0.15, -0.1) is 0 Å². The van der Waals surface area contributed by atoms with E-state index in [0.29, 0.717) is 10.4 Å². The van der Waals surface area contributed by atoms with Gasteiger partial charge in [0.05, 0.1) is 12.7 Å². The van der Waals surface area contributed by atoms with Crippen molar-refractivity contribution in [3.63, 3.8) is 0 Å². The van der Waals surface area contributed by atoms with E-state index in [9.17, 15) is 4.79 Å². The first-order valence-corrected chi connectivity index (χ1v) is 5.41. The van der Waals surface area contributed by atoms with Gasteiger partial charge in [-0.05, 0) is 34.1 Å². The van der Waals surface area contributed by atoms with Crippen LogP contribution in [0.25, 0.3) is 6.08 Å². The maximum absolute atomic E-state index is 11.2. The van der Waals surface area contributed by atoms with E-state index in [4.69, 9.17) is 14.6 Å². The van der Waals surface area contributed by atoms with Crippen molar-refractivity contribution in [2.45, 2.75) is 6.10 Å². The molecule has 0 bridgehead atoms. The maximum atomic E-state index is 11.2. The number of hydrogen-bond acceptors (Lipinski definition) is 4. The molecule has 88 valence electrons. The number of halogens is 1. The molecule has 1 atom stereocenters. The van der Waals surface area contributed by atoms with Gasteiger partial charge in [0.15, 0.2) is 4.67 Å². The van der Waals surface area contributed by atoms with Crippen LogP contribution in [0.3, 0.4) is 0 Å². The maximum Gasteiger partial charge on any atom is 0.244 e. The van der Waals surface area contributed by atoms with Crippen molar-refractivity contribution in [3.05, 3.63) is 28.6 Å². The fourth-order valence-corrected chi connectivity index (χ4v) is 1.24. The average Bonchev–Trinajstić information content (AvgIpc) is 2.69. The standard InChI is InChI=1S/C10H12BrNO4/c11-9-3-1-8(16-9)2-4-10(15)12-5-7(14)6-13/h1-4,7,13-14H,5-6H2,(H,12,15). The molecule has 1 rings (SSSR count). The zero-order valence-electron chi connectivity index (χ0n) is 8.39. The van der Waals surface area contributed by atoms with Gasteiger partial charge in [-0.2, -0.15) is 0 Å². The predicted molar refractivity (Wildman–Crippen MR) is 61.5 cm³/mol. The largest absolute Gasteiger partial charge is 0.450 e. The molecular weight excluding hydrogens is 278 g/mol. The van der Waals surface area contributed by atoms with E-state index in [1.807, 2.05) is 0 Å². The Morgan fingerprint density at radius 1 is 1.62 bits per heavy atom. The molecule has 1 aromatic rings. The van der Waals surface area contributed by atoms with Crippen LogP contribution >= 0.6 is 15.9 Å². The minimum absolute atomic E-state index is 0.0154. The number of hydrogen-bond donors (Lipinski definition) is 3. The van der Waals surface area contributed by atoms with Gasteiger partial charge in [0.1, 0.15) is 5.76 Å². The first kappa shape index (κ1) is 13.0. The summed E-state index contributed by atoms with van der Waals surface area (Å²) in [7, 11) is 0. The minimum Gasteiger partial charge on any atom is -0.450 e. The van der Waals surface area contributed by atoms with Crippen molar-refractivity contribution in [2.75, 3.05) is 13.2 Å². The summed E-state index contributed by atoms with van der Waals surface area (Å²) in [5.41, 5.74) is 0. The van der Waals surface area contributed by atoms with Crippen LogP contribution in [-0.4, -0.2) is 35.4 Å². The van der Waals surface area contributed by atoms with Crippen LogP contribution in [0, 0.1) is 0 Å². The predicted octanol–water partition coefficient (Wildman–Crippen LogP) is 0.525. The second kappa shape index (κ2) is 6.47. The summed E-state index contributed by atoms with van der Waals surface area (Å²) in [4.78, 5) is 11.2. The van der Waals surface area contributed by atoms with Gasteiger partial charge >= 0.3 is 0 Å². The van der Waals surface area contributed by atoms with Crippen LogP contribution in [-0.2, 0) is 4.79 Å². The van der Waals surface area contributed by atoms with E-state index < -0.39 is 6.10 Å². The van der Waals surface area contributed by atoms with Crippen molar-refractivity contribution >= 4 is 27.9 Å². The molecule has 0 fully saturated rings. The molecule has 0 radical (unpaired) electrons. The molecule has 16 heavy (non-hydrogen) atoms. The Morgan fingerprint density at radius 3 is 2.94 bits per heavy atom. The Labute approximate surface area is 101 Å². The minimum atomic E-state index is -0.935. The van der Waals surface area contributed by atoms with Gasteiger partial charge in [0, 0.05) is 12.6 Å². The molecule has 0 aliphatic carbocycles. The van der Waals surface area contributed by atoms with Gasteiger partial charge in [0.2, 0.25) is 5.91 Å². The van der Waals surface area contributed by atoms with Crippen LogP contribution in [0.2, 0.25) is 0 Å². The first-order valence-electron chi connectivity index (χ1n) is 4.62. The summed E-state index contributed by atoms with van der Waals surface area (Å²) in [5, 5.41) is 19.9. The topological polar surface area (TPSA) is 82.7 Å². The monoisotopic (exact) mass is 289 g/mol. The van der Waals surface area contributed by atoms with Crippen molar-refractivity contribution in [2.24, 2.45) is 0 Å². The summed E-state index contributed by atoms with van der Waals surface area (Å²) in [6.45, 7) is -0.364. The molecular formula is C10H12BrNO4. The smallest absolute Gasteiger partial charge is 0.244 e. The molecule has 0 saturated carbocycles. The van der Waals surface area contributed by atoms with Crippen LogP contribution in [0.5, 0.6) is 0 Å². The Bertz CT molecular complexity index is 375. The Morgan fingerprint density at radius 2 is 2.38 bits per heavy atom. The zero-order chi connectivity index (χ0) is 12.0. The van der Waals surface area contributed by atoms with Crippen LogP contribution < -0.4 is 5.32 Å². The molecule has 3 N–H and O–H groups in total. The second-order valence-electron chi connectivity index (χ2n) is 3.06. The van der Waals surface area contributed by atoms with Crippen LogP contribution in [0.4, 0.5) is 0 Å². The molecule has 6 heteroatoms. The van der Waals surface area contributed by atoms with Gasteiger partial charge in [-0.25, -0.2) is 0 Å². The van der Waals surface area contributed by atoms with Crippen LogP contribution in [0.1, 0.15) is 5.76 Å². The number of amides is 1. The molecule has 0 saturated heterocycles. The van der Waals surface area contributed by atoms with E-state index >= 15 is 0 Å². The lowest BCUT2D eigenvalue weighted by Gasteiger charge is -2.06. The number of furan rings is 1. The average molecular weight is 290 g/mol. The molecule has 0 aliphatic heterocycles. The molecule has 1 unspecified atom stereocenters. The van der Waals surface area contributed by atoms with Crippen LogP contribution in [0.15, 0.2) is 27.3 Å². The number of carbonyl (C=O) groups excluding carboxylic acids is 1. The summed E-state index contributed by atoms with van der Waals surface area (Å²) >= 11 is 3.14. The fourth-order valence-electron chi connectivity index (χ4n) is 0.918. The number of nitrogens with one attached hydrogen (secondary N) is 1. The lowest BCUT2D eigenvalue weighted by atomic mass is 10.3. The van der Waals surface area contributed by atoms with E-state index in [-0.39, 0.29) is 19.1 Å². The summed E-state index contributed by atoms with van der Waals surface area (Å²) < 4.78 is 5.73. The highest BCUT2D eigenvalue weighted by atomic mass is 79.9. The normalized spacial score (nSPS) is 12.9. The van der Waals surface area contributed by atoms with E-state index in [1.165, 1.54) is 12.2 Å². The SMILES string of the molecule is O=C(C=Cc1ccc(Br)o1)NCC(O)CO. The first-order chi connectivity index (χ1) is 7.61. The van der Waals surface area contributed by atoms with Crippen molar-refractivity contribution in [1.29, 1.82) is 0 Å². The van der Waals surface area contributed by atoms with Gasteiger partial charge < -0.3 is 19.9 Å². The molecule has 1 heterocycles. The Balaban J connectivity index is 2.36. The third kappa shape index (κ3) is 4.61. The number of aliphatic hydroxyl groups excluding tert-OH is 2. The van der Waals surface area contributed by atoms with Gasteiger partial charge in [-0.3, -0.25) is 4.79 Å². The fraction of sp³-hybridized carbons (Fsp3) is 0.300. The molecule has 0 aliphatic rings. The number of rotatable bonds is 5. The highest BCUT2D eigenvalue weighted by Gasteiger charge is 2.03. The highest BCUT2D eigenvalue weighted by Crippen LogP contribution is 2.14. The summed E-state index contributed by atoms with van der Waals surface area (Å²) in [6, 6.07) is 3.42. The third-order valence-corrected chi connectivity index (χ3v) is 2.14. The Hall–Kier alpha value is -1.11. The molecule has 0 spiro atoms. The highest BCUT2D eigenvalue weighted by molar-refractivity contribution is 9.10. The molecule has 1 amide bonds. The summed E-state index contributed by atoms with van der Waals surface area (Å²) in [6.07, 6.45) is 1.86. The van der Waals surface area contributed by atoms with Crippen molar-refractivity contribution < 1.29 is 19.4 Å². The van der Waals surface area contributed by atoms with E-state index in [2.05, 4.69) is 21.2 Å². The van der Waals surface area contributed by atoms with Gasteiger partial charge in [-0.1, -0.05) is 0 Å². The summed E-state index contributed by atoms with van der Waals surface area (Å²) in [5.74, 6) is 0.185. The number of aliphatic hydroxyl groups is 2. The number of carbonyl (C=O) groups is 1. The lowest BCUT2D eigenvalue weighted by molar-refractivity contribution is -0.117. The van der Waals surface area contributed by atoms with E-state index in [0.717, 1.165) is 0 Å². The molecule has 0 aromatic carbocycles. The van der Waals surface area contributed by atoms with Crippen molar-refractivity contribution in [3.8, 4) is 0 Å². The zero-order valence-corrected chi connectivity index (χ0v) is 9.98. The third-order valence-electron chi connectivity index (χ3n) is 1.72. The van der Waals surface area contributed by atoms with E-state index in [1.54, 1.807) is 12.1 Å².